The summed E-state index contributed by atoms with van der Waals surface area (Å²) in [4.78, 5) is 11.0. The molecule has 0 aromatic heterocycles. The van der Waals surface area contributed by atoms with Gasteiger partial charge in [-0.25, -0.2) is 4.79 Å². The van der Waals surface area contributed by atoms with E-state index >= 15 is 0 Å². The summed E-state index contributed by atoms with van der Waals surface area (Å²) in [6.07, 6.45) is 2.69. The predicted octanol–water partition coefficient (Wildman–Crippen LogP) is 2.00. The standard InChI is InChI=1S/C14H18O4/c1-8-10-6-4-3-5-9(10)7-11(18-2)12(8)13(15)14(16)17/h7,13,15H,3-6H2,1-2H3,(H,16,17). The minimum absolute atomic E-state index is 0.394. The number of rotatable bonds is 3. The molecule has 0 spiro atoms. The fourth-order valence-electron chi connectivity index (χ4n) is 2.73. The second-order valence-electron chi connectivity index (χ2n) is 4.70. The van der Waals surface area contributed by atoms with Crippen molar-refractivity contribution >= 4 is 5.97 Å². The van der Waals surface area contributed by atoms with Crippen LogP contribution in [0.15, 0.2) is 6.07 Å². The van der Waals surface area contributed by atoms with E-state index in [1.807, 2.05) is 13.0 Å². The summed E-state index contributed by atoms with van der Waals surface area (Å²) < 4.78 is 5.24. The van der Waals surface area contributed by atoms with E-state index in [9.17, 15) is 9.90 Å². The topological polar surface area (TPSA) is 66.8 Å². The Morgan fingerprint density at radius 2 is 2.06 bits per heavy atom. The Bertz CT molecular complexity index is 479. The van der Waals surface area contributed by atoms with Crippen LogP contribution < -0.4 is 4.74 Å². The Kier molecular flexibility index (Phi) is 3.57. The number of aryl methyl sites for hydroxylation is 1. The number of ether oxygens (including phenoxy) is 1. The molecule has 4 heteroatoms. The molecule has 1 aromatic rings. The van der Waals surface area contributed by atoms with Crippen molar-refractivity contribution in [3.8, 4) is 5.75 Å². The lowest BCUT2D eigenvalue weighted by atomic mass is 9.84. The zero-order valence-electron chi connectivity index (χ0n) is 10.7. The van der Waals surface area contributed by atoms with E-state index in [0.717, 1.165) is 31.2 Å². The quantitative estimate of drug-likeness (QED) is 0.861. The van der Waals surface area contributed by atoms with E-state index in [-0.39, 0.29) is 0 Å². The second kappa shape index (κ2) is 4.98. The van der Waals surface area contributed by atoms with Crippen LogP contribution in [0.5, 0.6) is 5.75 Å². The van der Waals surface area contributed by atoms with E-state index in [4.69, 9.17) is 9.84 Å². The third-order valence-corrected chi connectivity index (χ3v) is 3.67. The van der Waals surface area contributed by atoms with Crippen molar-refractivity contribution in [2.75, 3.05) is 7.11 Å². The molecule has 2 rings (SSSR count). The molecular weight excluding hydrogens is 232 g/mol. The highest BCUT2D eigenvalue weighted by Crippen LogP contribution is 2.36. The summed E-state index contributed by atoms with van der Waals surface area (Å²) >= 11 is 0. The Balaban J connectivity index is 2.60. The Morgan fingerprint density at radius 3 is 2.67 bits per heavy atom. The van der Waals surface area contributed by atoms with E-state index in [1.54, 1.807) is 0 Å². The predicted molar refractivity (Wildman–Crippen MR) is 67.0 cm³/mol. The first-order valence-corrected chi connectivity index (χ1v) is 6.16. The van der Waals surface area contributed by atoms with E-state index in [1.165, 1.54) is 18.2 Å². The number of aliphatic carboxylic acids is 1. The van der Waals surface area contributed by atoms with Gasteiger partial charge in [0.05, 0.1) is 7.11 Å². The SMILES string of the molecule is COc1cc2c(c(C)c1C(O)C(=O)O)CCCC2. The van der Waals surface area contributed by atoms with Crippen molar-refractivity contribution in [3.63, 3.8) is 0 Å². The molecule has 0 amide bonds. The third kappa shape index (κ3) is 2.08. The molecule has 98 valence electrons. The van der Waals surface area contributed by atoms with Gasteiger partial charge in [-0.05, 0) is 55.4 Å². The number of benzene rings is 1. The number of aliphatic hydroxyl groups excluding tert-OH is 1. The van der Waals surface area contributed by atoms with Gasteiger partial charge in [-0.2, -0.15) is 0 Å². The molecule has 0 radical (unpaired) electrons. The minimum atomic E-state index is -1.52. The molecule has 1 unspecified atom stereocenters. The lowest BCUT2D eigenvalue weighted by Gasteiger charge is -2.23. The summed E-state index contributed by atoms with van der Waals surface area (Å²) in [5, 5.41) is 18.8. The van der Waals surface area contributed by atoms with Gasteiger partial charge in [0.15, 0.2) is 6.10 Å². The van der Waals surface area contributed by atoms with Gasteiger partial charge in [-0.1, -0.05) is 0 Å². The molecule has 0 saturated heterocycles. The summed E-state index contributed by atoms with van der Waals surface area (Å²) in [6, 6.07) is 1.88. The number of carboxylic acid groups (broad SMARTS) is 1. The Hall–Kier alpha value is -1.55. The number of hydrogen-bond donors (Lipinski definition) is 2. The van der Waals surface area contributed by atoms with Gasteiger partial charge in [0.25, 0.3) is 0 Å². The molecule has 2 N–H and O–H groups in total. The molecule has 1 aliphatic carbocycles. The summed E-state index contributed by atoms with van der Waals surface area (Å²) in [5.41, 5.74) is 3.65. The van der Waals surface area contributed by atoms with Crippen molar-refractivity contribution in [2.24, 2.45) is 0 Å². The smallest absolute Gasteiger partial charge is 0.337 e. The highest BCUT2D eigenvalue weighted by molar-refractivity contribution is 5.76. The first-order chi connectivity index (χ1) is 8.56. The van der Waals surface area contributed by atoms with Crippen LogP contribution >= 0.6 is 0 Å². The molecule has 18 heavy (non-hydrogen) atoms. The molecular formula is C14H18O4. The number of aliphatic hydroxyl groups is 1. The molecule has 1 aromatic carbocycles. The lowest BCUT2D eigenvalue weighted by molar-refractivity contribution is -0.147. The molecule has 0 saturated carbocycles. The molecule has 1 aliphatic rings. The summed E-state index contributed by atoms with van der Waals surface area (Å²) in [6.45, 7) is 1.87. The average molecular weight is 250 g/mol. The maximum Gasteiger partial charge on any atom is 0.337 e. The average Bonchev–Trinajstić information content (AvgIpc) is 2.37. The van der Waals surface area contributed by atoms with Gasteiger partial charge in [-0.15, -0.1) is 0 Å². The monoisotopic (exact) mass is 250 g/mol. The van der Waals surface area contributed by atoms with Gasteiger partial charge in [0.1, 0.15) is 5.75 Å². The Morgan fingerprint density at radius 1 is 1.39 bits per heavy atom. The molecule has 0 heterocycles. The normalized spacial score (nSPS) is 15.9. The van der Waals surface area contributed by atoms with Crippen LogP contribution in [0.4, 0.5) is 0 Å². The maximum absolute atomic E-state index is 11.0. The number of methoxy groups -OCH3 is 1. The van der Waals surface area contributed by atoms with Crippen molar-refractivity contribution < 1.29 is 19.7 Å². The van der Waals surface area contributed by atoms with Crippen molar-refractivity contribution in [2.45, 2.75) is 38.7 Å². The molecule has 0 aliphatic heterocycles. The van der Waals surface area contributed by atoms with Gasteiger partial charge in [0.2, 0.25) is 0 Å². The maximum atomic E-state index is 11.0. The summed E-state index contributed by atoms with van der Waals surface area (Å²) in [5.74, 6) is -0.768. The van der Waals surface area contributed by atoms with Gasteiger partial charge < -0.3 is 14.9 Å². The van der Waals surface area contributed by atoms with Gasteiger partial charge in [0, 0.05) is 5.56 Å². The minimum Gasteiger partial charge on any atom is -0.496 e. The second-order valence-corrected chi connectivity index (χ2v) is 4.70. The molecule has 0 fully saturated rings. The van der Waals surface area contributed by atoms with Crippen LogP contribution in [0.2, 0.25) is 0 Å². The van der Waals surface area contributed by atoms with Crippen LogP contribution in [-0.4, -0.2) is 23.3 Å². The van der Waals surface area contributed by atoms with Gasteiger partial charge in [-0.3, -0.25) is 0 Å². The molecule has 0 bridgehead atoms. The van der Waals surface area contributed by atoms with Crippen LogP contribution in [0.1, 0.15) is 41.2 Å². The van der Waals surface area contributed by atoms with E-state index < -0.39 is 12.1 Å². The van der Waals surface area contributed by atoms with E-state index in [2.05, 4.69) is 0 Å². The van der Waals surface area contributed by atoms with Crippen LogP contribution in [0, 0.1) is 6.92 Å². The number of carboxylic acids is 1. The zero-order chi connectivity index (χ0) is 13.3. The fourth-order valence-corrected chi connectivity index (χ4v) is 2.73. The Labute approximate surface area is 106 Å². The summed E-state index contributed by atoms with van der Waals surface area (Å²) in [7, 11) is 1.50. The fraction of sp³-hybridized carbons (Fsp3) is 0.500. The number of hydrogen-bond acceptors (Lipinski definition) is 3. The highest BCUT2D eigenvalue weighted by atomic mass is 16.5. The first-order valence-electron chi connectivity index (χ1n) is 6.16. The lowest BCUT2D eigenvalue weighted by Crippen LogP contribution is -2.16. The van der Waals surface area contributed by atoms with E-state index in [0.29, 0.717) is 11.3 Å². The molecule has 4 nitrogen and oxygen atoms in total. The van der Waals surface area contributed by atoms with Crippen LogP contribution in [0.3, 0.4) is 0 Å². The largest absolute Gasteiger partial charge is 0.496 e. The van der Waals surface area contributed by atoms with Gasteiger partial charge >= 0.3 is 5.97 Å². The number of carbonyl (C=O) groups is 1. The van der Waals surface area contributed by atoms with Crippen LogP contribution in [0.25, 0.3) is 0 Å². The van der Waals surface area contributed by atoms with Crippen molar-refractivity contribution in [1.82, 2.24) is 0 Å². The van der Waals surface area contributed by atoms with Crippen molar-refractivity contribution in [1.29, 1.82) is 0 Å². The third-order valence-electron chi connectivity index (χ3n) is 3.67. The van der Waals surface area contributed by atoms with Crippen LogP contribution in [-0.2, 0) is 17.6 Å². The van der Waals surface area contributed by atoms with Crippen molar-refractivity contribution in [3.05, 3.63) is 28.3 Å². The molecule has 1 atom stereocenters. The highest BCUT2D eigenvalue weighted by Gasteiger charge is 2.26. The first kappa shape index (κ1) is 12.9. The zero-order valence-corrected chi connectivity index (χ0v) is 10.7. The number of fused-ring (bicyclic) bond motifs is 1.